The van der Waals surface area contributed by atoms with E-state index in [2.05, 4.69) is 259 Å². The zero-order chi connectivity index (χ0) is 45.0. The van der Waals surface area contributed by atoms with Crippen molar-refractivity contribution in [3.8, 4) is 83.6 Å². The molecule has 13 rings (SSSR count). The van der Waals surface area contributed by atoms with Crippen molar-refractivity contribution in [3.63, 3.8) is 0 Å². The molecule has 0 bridgehead atoms. The van der Waals surface area contributed by atoms with Crippen LogP contribution in [-0.2, 0) is 0 Å². The lowest BCUT2D eigenvalue weighted by Gasteiger charge is -2.19. The third-order valence-corrected chi connectivity index (χ3v) is 13.7. The molecule has 2 heteroatoms. The van der Waals surface area contributed by atoms with Crippen LogP contribution in [-0.4, -0.2) is 4.57 Å². The van der Waals surface area contributed by atoms with Gasteiger partial charge in [-0.3, -0.25) is 0 Å². The molecule has 318 valence electrons. The lowest BCUT2D eigenvalue weighted by molar-refractivity contribution is 0.670. The van der Waals surface area contributed by atoms with Crippen LogP contribution >= 0.6 is 0 Å². The van der Waals surface area contributed by atoms with E-state index in [9.17, 15) is 0 Å². The molecule has 0 unspecified atom stereocenters. The van der Waals surface area contributed by atoms with Crippen molar-refractivity contribution < 1.29 is 4.42 Å². The molecule has 0 spiro atoms. The van der Waals surface area contributed by atoms with Crippen LogP contribution < -0.4 is 0 Å². The first kappa shape index (κ1) is 39.4. The van der Waals surface area contributed by atoms with Gasteiger partial charge in [-0.1, -0.05) is 237 Å². The predicted molar refractivity (Wildman–Crippen MR) is 286 cm³/mol. The van der Waals surface area contributed by atoms with E-state index in [4.69, 9.17) is 4.42 Å². The van der Waals surface area contributed by atoms with Gasteiger partial charge in [0.2, 0.25) is 0 Å². The van der Waals surface area contributed by atoms with Crippen molar-refractivity contribution in [2.24, 2.45) is 0 Å². The summed E-state index contributed by atoms with van der Waals surface area (Å²) in [7, 11) is 0. The number of hydrogen-bond acceptors (Lipinski definition) is 1. The molecule has 0 saturated carbocycles. The summed E-state index contributed by atoms with van der Waals surface area (Å²) in [6.07, 6.45) is 0. The average molecular weight is 866 g/mol. The molecule has 0 saturated heterocycles. The Morgan fingerprint density at radius 1 is 0.250 bits per heavy atom. The molecule has 0 aliphatic carbocycles. The summed E-state index contributed by atoms with van der Waals surface area (Å²) < 4.78 is 9.27. The fraction of sp³-hybridized carbons (Fsp3) is 0. The van der Waals surface area contributed by atoms with E-state index in [-0.39, 0.29) is 0 Å². The van der Waals surface area contributed by atoms with Gasteiger partial charge in [-0.05, 0) is 91.0 Å². The number of benzene rings is 11. The van der Waals surface area contributed by atoms with Gasteiger partial charge in [0, 0.05) is 32.7 Å². The van der Waals surface area contributed by atoms with E-state index >= 15 is 0 Å². The Morgan fingerprint density at radius 3 is 1.18 bits per heavy atom. The number of fused-ring (bicyclic) bond motifs is 6. The quantitative estimate of drug-likeness (QED) is 0.149. The first-order chi connectivity index (χ1) is 33.8. The van der Waals surface area contributed by atoms with Crippen LogP contribution in [0.4, 0.5) is 0 Å². The van der Waals surface area contributed by atoms with Crippen LogP contribution in [0.2, 0.25) is 0 Å². The second kappa shape index (κ2) is 16.5. The van der Waals surface area contributed by atoms with Crippen molar-refractivity contribution in [2.75, 3.05) is 0 Å². The lowest BCUT2D eigenvalue weighted by atomic mass is 9.84. The highest BCUT2D eigenvalue weighted by Gasteiger charge is 2.27. The smallest absolute Gasteiger partial charge is 0.143 e. The Labute approximate surface area is 395 Å². The summed E-state index contributed by atoms with van der Waals surface area (Å²) in [6.45, 7) is 0. The molecule has 0 N–H and O–H groups in total. The Balaban J connectivity index is 1.22. The fourth-order valence-corrected chi connectivity index (χ4v) is 10.7. The summed E-state index contributed by atoms with van der Waals surface area (Å²) in [5.41, 5.74) is 21.4. The van der Waals surface area contributed by atoms with E-state index in [0.717, 1.165) is 60.9 Å². The molecule has 2 nitrogen and oxygen atoms in total. The van der Waals surface area contributed by atoms with Crippen LogP contribution in [0.3, 0.4) is 0 Å². The van der Waals surface area contributed by atoms with Crippen LogP contribution in [0.25, 0.3) is 127 Å². The van der Waals surface area contributed by atoms with E-state index < -0.39 is 0 Å². The minimum absolute atomic E-state index is 0.885. The molecule has 0 atom stereocenters. The molecule has 0 amide bonds. The molecule has 0 fully saturated rings. The van der Waals surface area contributed by atoms with Crippen molar-refractivity contribution in [3.05, 3.63) is 261 Å². The maximum Gasteiger partial charge on any atom is 0.143 e. The number of furan rings is 1. The second-order valence-electron chi connectivity index (χ2n) is 17.5. The molecule has 2 heterocycles. The van der Waals surface area contributed by atoms with Crippen LogP contribution in [0.1, 0.15) is 0 Å². The highest BCUT2D eigenvalue weighted by Crippen LogP contribution is 2.52. The number of nitrogens with zero attached hydrogens (tertiary/aromatic N) is 1. The van der Waals surface area contributed by atoms with Gasteiger partial charge in [0.1, 0.15) is 11.2 Å². The molecular formula is C66H43NO. The molecule has 0 aliphatic rings. The van der Waals surface area contributed by atoms with Crippen LogP contribution in [0.5, 0.6) is 0 Å². The molecule has 11 aromatic carbocycles. The van der Waals surface area contributed by atoms with Crippen molar-refractivity contribution >= 4 is 43.7 Å². The van der Waals surface area contributed by atoms with Gasteiger partial charge in [-0.15, -0.1) is 0 Å². The minimum atomic E-state index is 0.885. The Morgan fingerprint density at radius 2 is 0.647 bits per heavy atom. The third kappa shape index (κ3) is 6.41. The van der Waals surface area contributed by atoms with Gasteiger partial charge in [0.15, 0.2) is 0 Å². The third-order valence-electron chi connectivity index (χ3n) is 13.7. The largest absolute Gasteiger partial charge is 0.455 e. The van der Waals surface area contributed by atoms with Crippen molar-refractivity contribution in [1.29, 1.82) is 0 Å². The first-order valence-corrected chi connectivity index (χ1v) is 23.3. The average Bonchev–Trinajstić information content (AvgIpc) is 3.97. The summed E-state index contributed by atoms with van der Waals surface area (Å²) in [4.78, 5) is 0. The van der Waals surface area contributed by atoms with E-state index in [1.807, 2.05) is 6.07 Å². The molecule has 0 radical (unpaired) electrons. The van der Waals surface area contributed by atoms with Crippen molar-refractivity contribution in [2.45, 2.75) is 0 Å². The van der Waals surface area contributed by atoms with E-state index in [1.54, 1.807) is 0 Å². The Kier molecular flexibility index (Phi) is 9.54. The zero-order valence-electron chi connectivity index (χ0n) is 37.2. The fourth-order valence-electron chi connectivity index (χ4n) is 10.7. The Bertz CT molecular complexity index is 3810. The SMILES string of the molecule is c1ccc(-c2ccccc2-c2ccc3c(c2-c2ccccc2)c2c(-c4ccccc4)c(-c4ccccc4-c4ccccc4)ccc2n3-c2ccccc2-c2cccc3c2oc2ccccc23)cc1. The van der Waals surface area contributed by atoms with E-state index in [1.165, 1.54) is 66.4 Å². The maximum atomic E-state index is 6.75. The molecule has 2 aromatic heterocycles. The second-order valence-corrected chi connectivity index (χ2v) is 17.5. The van der Waals surface area contributed by atoms with Gasteiger partial charge in [0.25, 0.3) is 0 Å². The van der Waals surface area contributed by atoms with Gasteiger partial charge in [-0.2, -0.15) is 0 Å². The molecule has 0 aliphatic heterocycles. The summed E-state index contributed by atoms with van der Waals surface area (Å²) in [5.74, 6) is 0. The monoisotopic (exact) mass is 865 g/mol. The topological polar surface area (TPSA) is 18.1 Å². The van der Waals surface area contributed by atoms with Gasteiger partial charge in [-0.25, -0.2) is 0 Å². The minimum Gasteiger partial charge on any atom is -0.455 e. The lowest BCUT2D eigenvalue weighted by Crippen LogP contribution is -1.98. The van der Waals surface area contributed by atoms with E-state index in [0.29, 0.717) is 0 Å². The number of aromatic nitrogens is 1. The van der Waals surface area contributed by atoms with Gasteiger partial charge >= 0.3 is 0 Å². The van der Waals surface area contributed by atoms with Crippen LogP contribution in [0.15, 0.2) is 265 Å². The zero-order valence-corrected chi connectivity index (χ0v) is 37.2. The number of para-hydroxylation sites is 3. The van der Waals surface area contributed by atoms with Crippen LogP contribution in [0, 0.1) is 0 Å². The first-order valence-electron chi connectivity index (χ1n) is 23.3. The highest BCUT2D eigenvalue weighted by atomic mass is 16.3. The molecular weight excluding hydrogens is 823 g/mol. The normalized spacial score (nSPS) is 11.5. The Hall–Kier alpha value is -8.98. The predicted octanol–water partition coefficient (Wildman–Crippen LogP) is 18.4. The molecule has 68 heavy (non-hydrogen) atoms. The summed E-state index contributed by atoms with van der Waals surface area (Å²) in [5, 5.41) is 4.61. The van der Waals surface area contributed by atoms with Gasteiger partial charge < -0.3 is 8.98 Å². The maximum absolute atomic E-state index is 6.75. The van der Waals surface area contributed by atoms with Crippen molar-refractivity contribution in [1.82, 2.24) is 4.57 Å². The summed E-state index contributed by atoms with van der Waals surface area (Å²) >= 11 is 0. The highest BCUT2D eigenvalue weighted by molar-refractivity contribution is 6.25. The van der Waals surface area contributed by atoms with Gasteiger partial charge in [0.05, 0.1) is 16.7 Å². The molecule has 13 aromatic rings. The number of hydrogen-bond donors (Lipinski definition) is 0. The number of rotatable bonds is 8. The standard InChI is InChI=1S/C66H43NO/c1-5-22-44(23-6-1)48-30-13-15-32-50(48)54-40-42-59-64(62(54)46-26-9-3-10-27-46)65-60(67(59)58-38-19-17-34-52(58)56-36-21-37-57-53-35-18-20-39-61(53)68-66(56)57)43-41-55(63(65)47-28-11-4-12-29-47)51-33-16-14-31-49(51)45-24-7-2-8-25-45/h1-43H. The summed E-state index contributed by atoms with van der Waals surface area (Å²) in [6, 6.07) is 94.5.